The molecule has 44 heavy (non-hydrogen) atoms. The van der Waals surface area contributed by atoms with Gasteiger partial charge in [0.2, 0.25) is 5.43 Å². The maximum absolute atomic E-state index is 14.3. The van der Waals surface area contributed by atoms with Gasteiger partial charge in [-0.05, 0) is 39.2 Å². The highest BCUT2D eigenvalue weighted by atomic mass is 19.1. The molecule has 0 aliphatic carbocycles. The average molecular weight is 612 g/mol. The first-order chi connectivity index (χ1) is 20.9. The van der Waals surface area contributed by atoms with Gasteiger partial charge >= 0.3 is 0 Å². The first kappa shape index (κ1) is 29.9. The predicted octanol–water partition coefficient (Wildman–Crippen LogP) is 4.48. The number of aromatic nitrogens is 1. The van der Waals surface area contributed by atoms with Gasteiger partial charge in [0.25, 0.3) is 11.8 Å². The van der Waals surface area contributed by atoms with E-state index in [1.165, 1.54) is 6.20 Å². The van der Waals surface area contributed by atoms with Crippen LogP contribution in [0.3, 0.4) is 0 Å². The third-order valence-corrected chi connectivity index (χ3v) is 8.60. The Balaban J connectivity index is 1.46. The molecule has 2 fully saturated rings. The fourth-order valence-electron chi connectivity index (χ4n) is 6.29. The SMILES string of the molecule is C[C@H]1CC[C@]2(COC(C)(C)O2)[C@H]2CN1C(=O)c1c(OCc3ccccc3)c(=O)c(C(=O)NCc3c(F)cc(F)cc3F)cn12. The molecule has 3 aromatic rings. The maximum atomic E-state index is 14.3. The number of halogens is 3. The van der Waals surface area contributed by atoms with Crippen molar-refractivity contribution >= 4 is 11.8 Å². The van der Waals surface area contributed by atoms with Gasteiger partial charge in [-0.15, -0.1) is 0 Å². The molecule has 3 aliphatic heterocycles. The van der Waals surface area contributed by atoms with Crippen molar-refractivity contribution in [2.75, 3.05) is 13.2 Å². The van der Waals surface area contributed by atoms with Crippen molar-refractivity contribution in [2.45, 2.75) is 70.2 Å². The fraction of sp³-hybridized carbons (Fsp3) is 0.406. The molecule has 1 N–H and O–H groups in total. The van der Waals surface area contributed by atoms with E-state index < -0.39 is 69.8 Å². The van der Waals surface area contributed by atoms with Crippen molar-refractivity contribution in [3.63, 3.8) is 0 Å². The molecule has 12 heteroatoms. The lowest BCUT2D eigenvalue weighted by atomic mass is 9.88. The summed E-state index contributed by atoms with van der Waals surface area (Å²) in [5, 5.41) is 2.36. The van der Waals surface area contributed by atoms with Crippen LogP contribution in [0.5, 0.6) is 5.75 Å². The molecule has 232 valence electrons. The first-order valence-corrected chi connectivity index (χ1v) is 14.4. The minimum atomic E-state index is -1.18. The maximum Gasteiger partial charge on any atom is 0.274 e. The number of carbonyl (C=O) groups excluding carboxylic acids is 2. The molecule has 2 saturated heterocycles. The van der Waals surface area contributed by atoms with Crippen LogP contribution >= 0.6 is 0 Å². The lowest BCUT2D eigenvalue weighted by Gasteiger charge is -2.43. The van der Waals surface area contributed by atoms with E-state index in [-0.39, 0.29) is 37.2 Å². The zero-order valence-electron chi connectivity index (χ0n) is 24.5. The van der Waals surface area contributed by atoms with Gasteiger partial charge in [-0.1, -0.05) is 30.3 Å². The van der Waals surface area contributed by atoms with Crippen LogP contribution < -0.4 is 15.5 Å². The molecule has 4 heterocycles. The second-order valence-electron chi connectivity index (χ2n) is 12.0. The van der Waals surface area contributed by atoms with Crippen molar-refractivity contribution < 1.29 is 37.0 Å². The molecule has 2 bridgehead atoms. The van der Waals surface area contributed by atoms with Gasteiger partial charge in [0.1, 0.15) is 35.2 Å². The highest BCUT2D eigenvalue weighted by Gasteiger charge is 2.56. The number of pyridine rings is 1. The summed E-state index contributed by atoms with van der Waals surface area (Å²) in [5.41, 5.74) is -2.00. The largest absolute Gasteiger partial charge is 0.483 e. The number of carbonyl (C=O) groups is 2. The molecule has 2 aromatic carbocycles. The molecule has 6 rings (SSSR count). The van der Waals surface area contributed by atoms with Gasteiger partial charge in [-0.2, -0.15) is 0 Å². The Labute approximate surface area is 251 Å². The molecule has 9 nitrogen and oxygen atoms in total. The fourth-order valence-corrected chi connectivity index (χ4v) is 6.29. The summed E-state index contributed by atoms with van der Waals surface area (Å²) >= 11 is 0. The van der Waals surface area contributed by atoms with E-state index in [1.54, 1.807) is 47.6 Å². The smallest absolute Gasteiger partial charge is 0.274 e. The van der Waals surface area contributed by atoms with Gasteiger partial charge in [0.05, 0.1) is 12.6 Å². The molecule has 0 saturated carbocycles. The third kappa shape index (κ3) is 5.26. The van der Waals surface area contributed by atoms with Crippen LogP contribution in [0, 0.1) is 17.5 Å². The summed E-state index contributed by atoms with van der Waals surface area (Å²) in [7, 11) is 0. The number of nitrogens with one attached hydrogen (secondary N) is 1. The monoisotopic (exact) mass is 611 g/mol. The Morgan fingerprint density at radius 2 is 1.82 bits per heavy atom. The van der Waals surface area contributed by atoms with Gasteiger partial charge in [-0.25, -0.2) is 13.2 Å². The van der Waals surface area contributed by atoms with E-state index in [4.69, 9.17) is 14.2 Å². The van der Waals surface area contributed by atoms with Crippen molar-refractivity contribution in [1.29, 1.82) is 0 Å². The molecular formula is C32H32F3N3O6. The molecule has 0 radical (unpaired) electrons. The second kappa shape index (κ2) is 11.1. The highest BCUT2D eigenvalue weighted by Crippen LogP contribution is 2.47. The standard InChI is InChI=1S/C32H32F3N3O6/c1-18-9-10-32(17-43-31(2,3)44-32)25-15-37(18)30(41)26-28(42-16-19-7-5-4-6-8-19)27(39)22(14-38(25)26)29(40)36-13-21-23(34)11-20(33)12-24(21)35/h4-8,11-12,14,18,25H,9-10,13,15-17H2,1-3H3,(H,36,40)/t18-,25+,32-/m0/s1. The van der Waals surface area contributed by atoms with Gasteiger partial charge in [0.15, 0.2) is 17.2 Å². The van der Waals surface area contributed by atoms with E-state index in [9.17, 15) is 27.6 Å². The molecule has 1 spiro atoms. The van der Waals surface area contributed by atoms with Crippen LogP contribution in [0.2, 0.25) is 0 Å². The Kier molecular flexibility index (Phi) is 7.53. The minimum absolute atomic E-state index is 0.0178. The summed E-state index contributed by atoms with van der Waals surface area (Å²) < 4.78 is 62.1. The summed E-state index contributed by atoms with van der Waals surface area (Å²) in [4.78, 5) is 43.1. The van der Waals surface area contributed by atoms with Crippen LogP contribution in [0.1, 0.15) is 71.6 Å². The number of rotatable bonds is 6. The summed E-state index contributed by atoms with van der Waals surface area (Å²) in [6.07, 6.45) is 2.44. The Morgan fingerprint density at radius 3 is 2.48 bits per heavy atom. The van der Waals surface area contributed by atoms with Crippen molar-refractivity contribution in [3.8, 4) is 5.75 Å². The normalized spacial score (nSPS) is 23.8. The van der Waals surface area contributed by atoms with Crippen molar-refractivity contribution in [2.24, 2.45) is 0 Å². The Bertz CT molecular complexity index is 1670. The molecule has 3 aliphatic rings. The molecule has 2 amide bonds. The van der Waals surface area contributed by atoms with Gasteiger partial charge in [0, 0.05) is 43.0 Å². The average Bonchev–Trinajstić information content (AvgIpc) is 3.23. The second-order valence-corrected chi connectivity index (χ2v) is 12.0. The van der Waals surface area contributed by atoms with E-state index in [0.717, 1.165) is 5.56 Å². The van der Waals surface area contributed by atoms with Crippen LogP contribution in [0.4, 0.5) is 13.2 Å². The topological polar surface area (TPSA) is 99.1 Å². The zero-order chi connectivity index (χ0) is 31.4. The van der Waals surface area contributed by atoms with E-state index in [2.05, 4.69) is 5.32 Å². The number of hydrogen-bond acceptors (Lipinski definition) is 6. The minimum Gasteiger partial charge on any atom is -0.483 e. The molecule has 3 atom stereocenters. The van der Waals surface area contributed by atoms with Crippen LogP contribution in [-0.4, -0.2) is 51.9 Å². The Hall–Kier alpha value is -4.16. The van der Waals surface area contributed by atoms with Crippen LogP contribution in [-0.2, 0) is 22.6 Å². The summed E-state index contributed by atoms with van der Waals surface area (Å²) in [6, 6.07) is 9.28. The summed E-state index contributed by atoms with van der Waals surface area (Å²) in [6.45, 7) is 5.27. The van der Waals surface area contributed by atoms with Crippen LogP contribution in [0.15, 0.2) is 53.5 Å². The highest BCUT2D eigenvalue weighted by molar-refractivity contribution is 5.99. The number of fused-ring (bicyclic) bond motifs is 5. The van der Waals surface area contributed by atoms with Crippen LogP contribution in [0.25, 0.3) is 0 Å². The van der Waals surface area contributed by atoms with E-state index in [1.807, 2.05) is 13.0 Å². The number of amides is 2. The van der Waals surface area contributed by atoms with E-state index >= 15 is 0 Å². The Morgan fingerprint density at radius 1 is 1.11 bits per heavy atom. The molecule has 0 unspecified atom stereocenters. The number of benzene rings is 2. The summed E-state index contributed by atoms with van der Waals surface area (Å²) in [5.74, 6) is -6.07. The zero-order valence-corrected chi connectivity index (χ0v) is 24.5. The lowest BCUT2D eigenvalue weighted by Crippen LogP contribution is -2.53. The lowest BCUT2D eigenvalue weighted by molar-refractivity contribution is -0.172. The predicted molar refractivity (Wildman–Crippen MR) is 152 cm³/mol. The first-order valence-electron chi connectivity index (χ1n) is 14.4. The molecular weight excluding hydrogens is 579 g/mol. The number of hydrogen-bond donors (Lipinski definition) is 1. The van der Waals surface area contributed by atoms with Crippen molar-refractivity contribution in [3.05, 3.63) is 98.7 Å². The van der Waals surface area contributed by atoms with E-state index in [0.29, 0.717) is 25.0 Å². The van der Waals surface area contributed by atoms with Gasteiger partial charge in [-0.3, -0.25) is 14.4 Å². The van der Waals surface area contributed by atoms with Crippen molar-refractivity contribution in [1.82, 2.24) is 14.8 Å². The van der Waals surface area contributed by atoms with Gasteiger partial charge < -0.3 is 29.0 Å². The molecule has 1 aromatic heterocycles. The quantitative estimate of drug-likeness (QED) is 0.442. The third-order valence-electron chi connectivity index (χ3n) is 8.60. The number of nitrogens with zero attached hydrogens (tertiary/aromatic N) is 2. The number of ether oxygens (including phenoxy) is 3.